The molecule has 0 amide bonds. The number of hydrogen-bond acceptors (Lipinski definition) is 3. The van der Waals surface area contributed by atoms with Gasteiger partial charge in [-0.2, -0.15) is 5.10 Å². The number of hydrogen-bond donors (Lipinski definition) is 1. The van der Waals surface area contributed by atoms with Crippen molar-refractivity contribution in [3.05, 3.63) is 41.1 Å². The first-order chi connectivity index (χ1) is 9.16. The summed E-state index contributed by atoms with van der Waals surface area (Å²) >= 11 is 0. The quantitative estimate of drug-likeness (QED) is 0.851. The molecular weight excluding hydrogens is 236 g/mol. The lowest BCUT2D eigenvalue weighted by atomic mass is 10.0. The van der Waals surface area contributed by atoms with Crippen LogP contribution in [0.4, 0.5) is 11.5 Å². The Kier molecular flexibility index (Phi) is 2.93. The Balaban J connectivity index is 1.99. The van der Waals surface area contributed by atoms with Gasteiger partial charge in [0.1, 0.15) is 0 Å². The molecule has 0 bridgehead atoms. The molecular formula is C15H20N4. The monoisotopic (exact) mass is 256 g/mol. The maximum atomic E-state index is 6.18. The van der Waals surface area contributed by atoms with Crippen LogP contribution in [0.15, 0.2) is 24.3 Å². The third-order valence-corrected chi connectivity index (χ3v) is 3.89. The van der Waals surface area contributed by atoms with Crippen LogP contribution < -0.4 is 10.6 Å². The van der Waals surface area contributed by atoms with Gasteiger partial charge in [-0.25, -0.2) is 0 Å². The van der Waals surface area contributed by atoms with Crippen LogP contribution in [0.5, 0.6) is 0 Å². The predicted octanol–water partition coefficient (Wildman–Crippen LogP) is 2.26. The Morgan fingerprint density at radius 1 is 1.21 bits per heavy atom. The molecule has 4 heteroatoms. The van der Waals surface area contributed by atoms with E-state index in [1.807, 2.05) is 18.7 Å². The zero-order chi connectivity index (χ0) is 13.4. The fourth-order valence-electron chi connectivity index (χ4n) is 2.92. The van der Waals surface area contributed by atoms with E-state index >= 15 is 0 Å². The molecule has 1 aliphatic rings. The van der Waals surface area contributed by atoms with Gasteiger partial charge in [0, 0.05) is 20.1 Å². The number of nitrogens with two attached hydrogens (primary N) is 1. The number of benzene rings is 1. The second kappa shape index (κ2) is 4.61. The summed E-state index contributed by atoms with van der Waals surface area (Å²) in [6.07, 6.45) is 2.30. The van der Waals surface area contributed by atoms with E-state index in [0.29, 0.717) is 0 Å². The summed E-state index contributed by atoms with van der Waals surface area (Å²) in [5, 5.41) is 4.42. The van der Waals surface area contributed by atoms with E-state index in [9.17, 15) is 0 Å². The van der Waals surface area contributed by atoms with Crippen molar-refractivity contribution in [2.45, 2.75) is 26.3 Å². The fraction of sp³-hybridized carbons (Fsp3) is 0.400. The molecule has 4 nitrogen and oxygen atoms in total. The van der Waals surface area contributed by atoms with E-state index in [1.54, 1.807) is 0 Å². The molecule has 100 valence electrons. The Morgan fingerprint density at radius 2 is 1.95 bits per heavy atom. The molecule has 0 spiro atoms. The first-order valence-electron chi connectivity index (χ1n) is 6.77. The molecule has 0 aliphatic carbocycles. The van der Waals surface area contributed by atoms with Crippen molar-refractivity contribution in [1.82, 2.24) is 9.78 Å². The zero-order valence-electron chi connectivity index (χ0n) is 11.6. The van der Waals surface area contributed by atoms with Crippen molar-refractivity contribution in [2.24, 2.45) is 7.05 Å². The van der Waals surface area contributed by atoms with Crippen molar-refractivity contribution in [3.8, 4) is 0 Å². The maximum absolute atomic E-state index is 6.18. The molecule has 1 aromatic carbocycles. The molecule has 0 saturated heterocycles. The molecule has 19 heavy (non-hydrogen) atoms. The maximum Gasteiger partial charge on any atom is 0.150 e. The summed E-state index contributed by atoms with van der Waals surface area (Å²) < 4.78 is 1.90. The van der Waals surface area contributed by atoms with Crippen LogP contribution in [0.25, 0.3) is 0 Å². The number of nitrogens with zero attached hydrogens (tertiary/aromatic N) is 3. The second-order valence-electron chi connectivity index (χ2n) is 5.24. The van der Waals surface area contributed by atoms with Crippen molar-refractivity contribution >= 4 is 11.5 Å². The Morgan fingerprint density at radius 3 is 2.63 bits per heavy atom. The smallest absolute Gasteiger partial charge is 0.150 e. The summed E-state index contributed by atoms with van der Waals surface area (Å²) in [7, 11) is 1.97. The van der Waals surface area contributed by atoms with Crippen LogP contribution in [0.3, 0.4) is 0 Å². The van der Waals surface area contributed by atoms with Crippen LogP contribution in [-0.4, -0.2) is 16.3 Å². The molecule has 0 saturated carbocycles. The Bertz CT molecular complexity index is 600. The van der Waals surface area contributed by atoms with Gasteiger partial charge in [0.15, 0.2) is 5.82 Å². The highest BCUT2D eigenvalue weighted by molar-refractivity contribution is 5.66. The van der Waals surface area contributed by atoms with Crippen LogP contribution >= 0.6 is 0 Å². The molecule has 1 aromatic heterocycles. The van der Waals surface area contributed by atoms with Gasteiger partial charge in [-0.05, 0) is 30.9 Å². The second-order valence-corrected chi connectivity index (χ2v) is 5.24. The van der Waals surface area contributed by atoms with Crippen molar-refractivity contribution in [1.29, 1.82) is 0 Å². The third-order valence-electron chi connectivity index (χ3n) is 3.89. The summed E-state index contributed by atoms with van der Waals surface area (Å²) in [5.41, 5.74) is 10.8. The van der Waals surface area contributed by atoms with E-state index in [2.05, 4.69) is 34.3 Å². The Hall–Kier alpha value is -1.97. The molecule has 3 rings (SSSR count). The number of anilines is 2. The number of rotatable bonds is 1. The SMILES string of the molecule is Cc1nn(C)c(N2CCCc3ccccc3C2)c1N. The van der Waals surface area contributed by atoms with Gasteiger partial charge in [0.05, 0.1) is 11.4 Å². The van der Waals surface area contributed by atoms with E-state index in [4.69, 9.17) is 5.73 Å². The standard InChI is InChI=1S/C15H20N4/c1-11-14(16)15(18(2)17-11)19-9-5-8-12-6-3-4-7-13(12)10-19/h3-4,6-7H,5,8-10,16H2,1-2H3. The van der Waals surface area contributed by atoms with Gasteiger partial charge in [0.25, 0.3) is 0 Å². The summed E-state index contributed by atoms with van der Waals surface area (Å²) in [4.78, 5) is 2.35. The molecule has 2 aromatic rings. The third kappa shape index (κ3) is 2.07. The topological polar surface area (TPSA) is 47.1 Å². The van der Waals surface area contributed by atoms with Crippen molar-refractivity contribution in [2.75, 3.05) is 17.2 Å². The summed E-state index contributed by atoms with van der Waals surface area (Å²) in [5.74, 6) is 1.05. The molecule has 0 atom stereocenters. The number of aromatic nitrogens is 2. The summed E-state index contributed by atoms with van der Waals surface area (Å²) in [6, 6.07) is 8.68. The predicted molar refractivity (Wildman–Crippen MR) is 78.2 cm³/mol. The average Bonchev–Trinajstić information content (AvgIpc) is 2.56. The van der Waals surface area contributed by atoms with Gasteiger partial charge in [0.2, 0.25) is 0 Å². The van der Waals surface area contributed by atoms with Gasteiger partial charge in [-0.15, -0.1) is 0 Å². The van der Waals surface area contributed by atoms with Crippen molar-refractivity contribution in [3.63, 3.8) is 0 Å². The van der Waals surface area contributed by atoms with Crippen LogP contribution in [0.2, 0.25) is 0 Å². The van der Waals surface area contributed by atoms with E-state index < -0.39 is 0 Å². The number of aryl methyl sites for hydroxylation is 3. The highest BCUT2D eigenvalue weighted by Gasteiger charge is 2.20. The van der Waals surface area contributed by atoms with Gasteiger partial charge >= 0.3 is 0 Å². The van der Waals surface area contributed by atoms with Crippen LogP contribution in [-0.2, 0) is 20.0 Å². The minimum Gasteiger partial charge on any atom is -0.394 e. The van der Waals surface area contributed by atoms with E-state index in [1.165, 1.54) is 11.1 Å². The fourth-order valence-corrected chi connectivity index (χ4v) is 2.92. The highest BCUT2D eigenvalue weighted by Crippen LogP contribution is 2.29. The molecule has 2 N–H and O–H groups in total. The zero-order valence-corrected chi connectivity index (χ0v) is 11.6. The van der Waals surface area contributed by atoms with Crippen LogP contribution in [0.1, 0.15) is 23.2 Å². The molecule has 0 unspecified atom stereocenters. The minimum atomic E-state index is 0.807. The van der Waals surface area contributed by atoms with Gasteiger partial charge in [-0.1, -0.05) is 24.3 Å². The Labute approximate surface area is 113 Å². The lowest BCUT2D eigenvalue weighted by Gasteiger charge is -2.23. The van der Waals surface area contributed by atoms with E-state index in [0.717, 1.165) is 43.1 Å². The molecule has 0 fully saturated rings. The van der Waals surface area contributed by atoms with Gasteiger partial charge in [-0.3, -0.25) is 4.68 Å². The highest BCUT2D eigenvalue weighted by atomic mass is 15.4. The minimum absolute atomic E-state index is 0.807. The molecule has 2 heterocycles. The molecule has 1 aliphatic heterocycles. The van der Waals surface area contributed by atoms with Gasteiger partial charge < -0.3 is 10.6 Å². The summed E-state index contributed by atoms with van der Waals surface area (Å²) in [6.45, 7) is 3.90. The lowest BCUT2D eigenvalue weighted by molar-refractivity contribution is 0.688. The van der Waals surface area contributed by atoms with E-state index in [-0.39, 0.29) is 0 Å². The van der Waals surface area contributed by atoms with Crippen LogP contribution in [0, 0.1) is 6.92 Å². The van der Waals surface area contributed by atoms with Crippen molar-refractivity contribution < 1.29 is 0 Å². The number of nitrogen functional groups attached to an aromatic ring is 1. The first kappa shape index (κ1) is 12.1. The lowest BCUT2D eigenvalue weighted by Crippen LogP contribution is -2.25. The number of fused-ring (bicyclic) bond motifs is 1. The largest absolute Gasteiger partial charge is 0.394 e. The average molecular weight is 256 g/mol. The molecule has 0 radical (unpaired) electrons. The normalized spacial score (nSPS) is 15.2. The first-order valence-corrected chi connectivity index (χ1v) is 6.77.